The minimum Gasteiger partial charge on any atom is -0.507 e. The number of carbonyl (C=O) groups is 1. The molecule has 3 aromatic carbocycles. The van der Waals surface area contributed by atoms with E-state index in [9.17, 15) is 9.90 Å². The Morgan fingerprint density at radius 1 is 0.867 bits per heavy atom. The smallest absolute Gasteiger partial charge is 0.339 e. The van der Waals surface area contributed by atoms with E-state index < -0.39 is 11.6 Å². The highest BCUT2D eigenvalue weighted by Gasteiger charge is 2.32. The summed E-state index contributed by atoms with van der Waals surface area (Å²) < 4.78 is 6.01. The lowest BCUT2D eigenvalue weighted by Crippen LogP contribution is -2.26. The maximum absolute atomic E-state index is 13.5. The van der Waals surface area contributed by atoms with Crippen LogP contribution >= 0.6 is 0 Å². The summed E-state index contributed by atoms with van der Waals surface area (Å²) in [5, 5.41) is 10.9. The molecule has 0 aromatic heterocycles. The molecule has 0 saturated heterocycles. The Kier molecular flexibility index (Phi) is 5.76. The lowest BCUT2D eigenvalue weighted by atomic mass is 9.78. The van der Waals surface area contributed by atoms with Gasteiger partial charge in [-0.2, -0.15) is 0 Å². The van der Waals surface area contributed by atoms with Crippen LogP contribution in [0.25, 0.3) is 11.1 Å². The topological polar surface area (TPSA) is 46.5 Å². The summed E-state index contributed by atoms with van der Waals surface area (Å²) in [5.41, 5.74) is 3.23. The van der Waals surface area contributed by atoms with E-state index in [4.69, 9.17) is 4.74 Å². The third-order valence-electron chi connectivity index (χ3n) is 5.34. The lowest BCUT2D eigenvalue weighted by Gasteiger charge is -2.29. The number of aryl methyl sites for hydroxylation is 1. The second-order valence-corrected chi connectivity index (χ2v) is 9.22. The van der Waals surface area contributed by atoms with Crippen molar-refractivity contribution in [2.75, 3.05) is 0 Å². The molecule has 0 amide bonds. The summed E-state index contributed by atoms with van der Waals surface area (Å²) in [5.74, 6) is -0.184. The predicted octanol–water partition coefficient (Wildman–Crippen LogP) is 6.76. The average molecular weight is 403 g/mol. The molecule has 0 radical (unpaired) electrons. The molecule has 3 aromatic rings. The highest BCUT2D eigenvalue weighted by molar-refractivity contribution is 6.00. The number of ether oxygens (including phenoxy) is 1. The first-order chi connectivity index (χ1) is 14.0. The fraction of sp³-hybridized carbons (Fsp3) is 0.296. The van der Waals surface area contributed by atoms with Crippen LogP contribution in [-0.4, -0.2) is 11.1 Å². The van der Waals surface area contributed by atoms with Gasteiger partial charge in [0.1, 0.15) is 11.4 Å². The second-order valence-electron chi connectivity index (χ2n) is 9.22. The molecule has 0 saturated carbocycles. The first kappa shape index (κ1) is 21.6. The minimum atomic E-state index is -0.792. The van der Waals surface area contributed by atoms with E-state index >= 15 is 0 Å². The Hall–Kier alpha value is -3.07. The molecule has 30 heavy (non-hydrogen) atoms. The average Bonchev–Trinajstić information content (AvgIpc) is 2.69. The van der Waals surface area contributed by atoms with Gasteiger partial charge in [0.2, 0.25) is 0 Å². The van der Waals surface area contributed by atoms with Crippen molar-refractivity contribution in [1.29, 1.82) is 0 Å². The molecular formula is C27H30O3. The monoisotopic (exact) mass is 402 g/mol. The molecule has 0 aliphatic carbocycles. The molecule has 0 unspecified atom stereocenters. The highest BCUT2D eigenvalue weighted by atomic mass is 16.6. The van der Waals surface area contributed by atoms with Gasteiger partial charge in [0, 0.05) is 11.1 Å². The SMILES string of the molecule is Cc1cc(C(=O)OC(C)(C)c2ccccc2)c(-c2ccccc2)c(C(C)(C)C)c1O. The van der Waals surface area contributed by atoms with Crippen molar-refractivity contribution in [3.05, 3.63) is 89.0 Å². The maximum Gasteiger partial charge on any atom is 0.339 e. The van der Waals surface area contributed by atoms with E-state index in [0.29, 0.717) is 11.1 Å². The lowest BCUT2D eigenvalue weighted by molar-refractivity contribution is -0.00306. The van der Waals surface area contributed by atoms with Crippen molar-refractivity contribution < 1.29 is 14.6 Å². The second kappa shape index (κ2) is 7.98. The molecule has 0 bridgehead atoms. The van der Waals surface area contributed by atoms with Gasteiger partial charge in [0.25, 0.3) is 0 Å². The van der Waals surface area contributed by atoms with Crippen LogP contribution in [0.4, 0.5) is 0 Å². The molecular weight excluding hydrogens is 372 g/mol. The Morgan fingerprint density at radius 3 is 1.93 bits per heavy atom. The molecule has 1 N–H and O–H groups in total. The molecule has 3 heteroatoms. The minimum absolute atomic E-state index is 0.222. The number of hydrogen-bond acceptors (Lipinski definition) is 3. The van der Waals surface area contributed by atoms with Gasteiger partial charge in [-0.05, 0) is 48.9 Å². The summed E-state index contributed by atoms with van der Waals surface area (Å²) >= 11 is 0. The summed E-state index contributed by atoms with van der Waals surface area (Å²) in [6.45, 7) is 11.7. The fourth-order valence-electron chi connectivity index (χ4n) is 3.79. The number of rotatable bonds is 4. The maximum atomic E-state index is 13.5. The van der Waals surface area contributed by atoms with Crippen LogP contribution in [0.3, 0.4) is 0 Å². The number of aromatic hydroxyl groups is 1. The molecule has 0 aliphatic rings. The van der Waals surface area contributed by atoms with Crippen molar-refractivity contribution in [3.63, 3.8) is 0 Å². The molecule has 156 valence electrons. The Morgan fingerprint density at radius 2 is 1.40 bits per heavy atom. The van der Waals surface area contributed by atoms with Gasteiger partial charge >= 0.3 is 5.97 Å². The zero-order chi connectivity index (χ0) is 22.1. The van der Waals surface area contributed by atoms with Crippen molar-refractivity contribution in [1.82, 2.24) is 0 Å². The van der Waals surface area contributed by atoms with Gasteiger partial charge in [-0.1, -0.05) is 81.4 Å². The standard InChI is InChI=1S/C27H30O3/c1-18-17-21(25(29)30-27(5,6)20-15-11-8-12-16-20)22(19-13-9-7-10-14-19)23(24(18)28)26(2,3)4/h7-17,28H,1-6H3. The van der Waals surface area contributed by atoms with Gasteiger partial charge in [0.05, 0.1) is 5.56 Å². The van der Waals surface area contributed by atoms with Gasteiger partial charge < -0.3 is 9.84 Å². The Bertz CT molecular complexity index is 1040. The van der Waals surface area contributed by atoms with Crippen LogP contribution in [0, 0.1) is 6.92 Å². The van der Waals surface area contributed by atoms with E-state index in [1.165, 1.54) is 0 Å². The molecule has 0 aliphatic heterocycles. The largest absolute Gasteiger partial charge is 0.507 e. The predicted molar refractivity (Wildman–Crippen MR) is 122 cm³/mol. The summed E-state index contributed by atoms with van der Waals surface area (Å²) in [7, 11) is 0. The molecule has 0 fully saturated rings. The van der Waals surface area contributed by atoms with Crippen LogP contribution < -0.4 is 0 Å². The van der Waals surface area contributed by atoms with Gasteiger partial charge in [0.15, 0.2) is 0 Å². The van der Waals surface area contributed by atoms with Crippen molar-refractivity contribution >= 4 is 5.97 Å². The van der Waals surface area contributed by atoms with Crippen molar-refractivity contribution in [2.24, 2.45) is 0 Å². The summed E-state index contributed by atoms with van der Waals surface area (Å²) in [6.07, 6.45) is 0. The van der Waals surface area contributed by atoms with Crippen LogP contribution in [-0.2, 0) is 15.8 Å². The van der Waals surface area contributed by atoms with Gasteiger partial charge in [-0.25, -0.2) is 4.79 Å². The van der Waals surface area contributed by atoms with Crippen LogP contribution in [0.15, 0.2) is 66.7 Å². The number of carbonyl (C=O) groups excluding carboxylic acids is 1. The van der Waals surface area contributed by atoms with Gasteiger partial charge in [-0.3, -0.25) is 0 Å². The summed E-state index contributed by atoms with van der Waals surface area (Å²) in [4.78, 5) is 13.5. The van der Waals surface area contributed by atoms with E-state index in [1.54, 1.807) is 6.07 Å². The Labute approximate surface area is 179 Å². The van der Waals surface area contributed by atoms with E-state index in [0.717, 1.165) is 22.3 Å². The summed E-state index contributed by atoms with van der Waals surface area (Å²) in [6, 6.07) is 21.2. The zero-order valence-electron chi connectivity index (χ0n) is 18.6. The van der Waals surface area contributed by atoms with Crippen LogP contribution in [0.1, 0.15) is 61.7 Å². The number of phenolic OH excluding ortho intramolecular Hbond substituents is 1. The zero-order valence-corrected chi connectivity index (χ0v) is 18.6. The third kappa shape index (κ3) is 4.25. The number of hydrogen-bond donors (Lipinski definition) is 1. The van der Waals surface area contributed by atoms with Crippen molar-refractivity contribution in [3.8, 4) is 16.9 Å². The van der Waals surface area contributed by atoms with Gasteiger partial charge in [-0.15, -0.1) is 0 Å². The first-order valence-electron chi connectivity index (χ1n) is 10.2. The van der Waals surface area contributed by atoms with E-state index in [1.807, 2.05) is 102 Å². The quantitative estimate of drug-likeness (QED) is 0.491. The molecule has 0 heterocycles. The fourth-order valence-corrected chi connectivity index (χ4v) is 3.79. The third-order valence-corrected chi connectivity index (χ3v) is 5.34. The number of phenols is 1. The molecule has 3 rings (SSSR count). The van der Waals surface area contributed by atoms with E-state index in [2.05, 4.69) is 0 Å². The Balaban J connectivity index is 2.19. The van der Waals surface area contributed by atoms with Crippen molar-refractivity contribution in [2.45, 2.75) is 52.6 Å². The number of esters is 1. The van der Waals surface area contributed by atoms with E-state index in [-0.39, 0.29) is 11.2 Å². The normalized spacial score (nSPS) is 11.9. The molecule has 0 atom stereocenters. The van der Waals surface area contributed by atoms with Crippen LogP contribution in [0.2, 0.25) is 0 Å². The number of benzene rings is 3. The molecule has 0 spiro atoms. The molecule has 3 nitrogen and oxygen atoms in total. The first-order valence-corrected chi connectivity index (χ1v) is 10.2. The highest BCUT2D eigenvalue weighted by Crippen LogP contribution is 2.43. The van der Waals surface area contributed by atoms with Crippen LogP contribution in [0.5, 0.6) is 5.75 Å².